The second-order valence-corrected chi connectivity index (χ2v) is 5.67. The molecule has 1 amide bonds. The van der Waals surface area contributed by atoms with Gasteiger partial charge in [-0.3, -0.25) is 4.79 Å². The predicted molar refractivity (Wildman–Crippen MR) is 90.4 cm³/mol. The second kappa shape index (κ2) is 6.44. The van der Waals surface area contributed by atoms with Gasteiger partial charge in [0, 0.05) is 22.6 Å². The van der Waals surface area contributed by atoms with Crippen molar-refractivity contribution in [1.82, 2.24) is 5.16 Å². The third kappa shape index (κ3) is 2.95. The number of furan rings is 1. The van der Waals surface area contributed by atoms with Crippen LogP contribution >= 0.6 is 0 Å². The van der Waals surface area contributed by atoms with E-state index in [1.165, 1.54) is 12.3 Å². The highest BCUT2D eigenvalue weighted by Gasteiger charge is 2.17. The normalized spacial score (nSPS) is 11.0. The zero-order valence-electron chi connectivity index (χ0n) is 13.3. The molecule has 4 aromatic rings. The molecule has 0 spiro atoms. The lowest BCUT2D eigenvalue weighted by atomic mass is 10.1. The number of amides is 1. The molecule has 2 aromatic heterocycles. The van der Waals surface area contributed by atoms with Gasteiger partial charge >= 0.3 is 0 Å². The van der Waals surface area contributed by atoms with Crippen molar-refractivity contribution in [3.63, 3.8) is 0 Å². The first-order chi connectivity index (χ1) is 12.6. The molecule has 0 aliphatic heterocycles. The quantitative estimate of drug-likeness (QED) is 0.584. The first-order valence-electron chi connectivity index (χ1n) is 7.78. The first-order valence-corrected chi connectivity index (χ1v) is 7.78. The molecule has 0 saturated heterocycles. The zero-order chi connectivity index (χ0) is 18.1. The van der Waals surface area contributed by atoms with Crippen LogP contribution in [-0.2, 0) is 11.2 Å². The lowest BCUT2D eigenvalue weighted by molar-refractivity contribution is -0.115. The topological polar surface area (TPSA) is 68.3 Å². The summed E-state index contributed by atoms with van der Waals surface area (Å²) in [5.74, 6) is -1.67. The number of aromatic nitrogens is 1. The van der Waals surface area contributed by atoms with E-state index in [-0.39, 0.29) is 23.7 Å². The lowest BCUT2D eigenvalue weighted by Gasteiger charge is -2.00. The number of anilines is 1. The second-order valence-electron chi connectivity index (χ2n) is 5.67. The molecule has 0 atom stereocenters. The molecule has 4 rings (SSSR count). The number of carbonyl (C=O) groups excluding carboxylic acids is 1. The van der Waals surface area contributed by atoms with Crippen LogP contribution < -0.4 is 5.32 Å². The summed E-state index contributed by atoms with van der Waals surface area (Å²) in [7, 11) is 0. The Hall–Kier alpha value is -3.48. The lowest BCUT2D eigenvalue weighted by Crippen LogP contribution is -2.14. The summed E-state index contributed by atoms with van der Waals surface area (Å²) in [6, 6.07) is 13.3. The molecule has 0 aliphatic rings. The van der Waals surface area contributed by atoms with Gasteiger partial charge in [-0.1, -0.05) is 35.5 Å². The van der Waals surface area contributed by atoms with Crippen molar-refractivity contribution in [2.75, 3.05) is 5.32 Å². The predicted octanol–water partition coefficient (Wildman–Crippen LogP) is 4.55. The van der Waals surface area contributed by atoms with Crippen LogP contribution in [0.4, 0.5) is 14.6 Å². The van der Waals surface area contributed by atoms with Crippen molar-refractivity contribution in [3.05, 3.63) is 72.0 Å². The third-order valence-corrected chi connectivity index (χ3v) is 3.90. The molecular weight excluding hydrogens is 342 g/mol. The van der Waals surface area contributed by atoms with Crippen molar-refractivity contribution in [2.24, 2.45) is 0 Å². The fourth-order valence-corrected chi connectivity index (χ4v) is 2.66. The molecule has 0 aliphatic carbocycles. The van der Waals surface area contributed by atoms with E-state index in [0.29, 0.717) is 16.7 Å². The number of nitrogens with one attached hydrogen (secondary N) is 1. The Morgan fingerprint density at radius 3 is 2.73 bits per heavy atom. The van der Waals surface area contributed by atoms with Crippen LogP contribution in [0.2, 0.25) is 0 Å². The molecular formula is C19H12F2N2O3. The number of rotatable bonds is 4. The van der Waals surface area contributed by atoms with Crippen molar-refractivity contribution >= 4 is 22.7 Å². The summed E-state index contributed by atoms with van der Waals surface area (Å²) in [6.45, 7) is 0. The first kappa shape index (κ1) is 16.0. The van der Waals surface area contributed by atoms with Gasteiger partial charge in [0.2, 0.25) is 11.7 Å². The number of hydrogen-bond donors (Lipinski definition) is 1. The fraction of sp³-hybridized carbons (Fsp3) is 0.0526. The minimum Gasteiger partial charge on any atom is -0.461 e. The summed E-state index contributed by atoms with van der Waals surface area (Å²) in [5, 5.41) is 6.77. The Bertz CT molecular complexity index is 1090. The fourth-order valence-electron chi connectivity index (χ4n) is 2.66. The summed E-state index contributed by atoms with van der Waals surface area (Å²) in [6.07, 6.45) is 1.16. The standard InChI is InChI=1S/C19H12F2N2O3/c20-14-7-6-13-12(10-25-19(13)18(14)21)8-17(24)22-16-9-15(26-23-16)11-4-2-1-3-5-11/h1-7,9-10H,8H2,(H,22,23,24). The van der Waals surface area contributed by atoms with Gasteiger partial charge in [-0.15, -0.1) is 0 Å². The van der Waals surface area contributed by atoms with Gasteiger partial charge in [-0.25, -0.2) is 4.39 Å². The molecule has 0 radical (unpaired) electrons. The molecule has 2 aromatic carbocycles. The van der Waals surface area contributed by atoms with Crippen molar-refractivity contribution in [3.8, 4) is 11.3 Å². The van der Waals surface area contributed by atoms with E-state index in [0.717, 1.165) is 11.6 Å². The van der Waals surface area contributed by atoms with E-state index >= 15 is 0 Å². The maximum Gasteiger partial charge on any atom is 0.230 e. The number of hydrogen-bond acceptors (Lipinski definition) is 4. The summed E-state index contributed by atoms with van der Waals surface area (Å²) in [4.78, 5) is 12.2. The molecule has 1 N–H and O–H groups in total. The van der Waals surface area contributed by atoms with Crippen LogP contribution in [0.15, 0.2) is 63.7 Å². The van der Waals surface area contributed by atoms with Crippen molar-refractivity contribution in [1.29, 1.82) is 0 Å². The highest BCUT2D eigenvalue weighted by Crippen LogP contribution is 2.26. The van der Waals surface area contributed by atoms with Crippen LogP contribution in [0.3, 0.4) is 0 Å². The number of nitrogens with zero attached hydrogens (tertiary/aromatic N) is 1. The molecule has 130 valence electrons. The molecule has 5 nitrogen and oxygen atoms in total. The number of halogens is 2. The van der Waals surface area contributed by atoms with Gasteiger partial charge in [-0.05, 0) is 12.1 Å². The van der Waals surface area contributed by atoms with Gasteiger partial charge in [-0.2, -0.15) is 4.39 Å². The maximum atomic E-state index is 13.7. The molecule has 2 heterocycles. The Balaban J connectivity index is 1.50. The smallest absolute Gasteiger partial charge is 0.230 e. The molecule has 0 fully saturated rings. The van der Waals surface area contributed by atoms with Gasteiger partial charge in [0.15, 0.2) is 23.0 Å². The monoisotopic (exact) mass is 354 g/mol. The summed E-state index contributed by atoms with van der Waals surface area (Å²) < 4.78 is 37.1. The van der Waals surface area contributed by atoms with Gasteiger partial charge in [0.25, 0.3) is 0 Å². The average molecular weight is 354 g/mol. The van der Waals surface area contributed by atoms with Crippen molar-refractivity contribution < 1.29 is 22.5 Å². The number of carbonyl (C=O) groups is 1. The van der Waals surface area contributed by atoms with Crippen LogP contribution in [0, 0.1) is 11.6 Å². The maximum absolute atomic E-state index is 13.7. The average Bonchev–Trinajstić information content (AvgIpc) is 3.27. The molecule has 7 heteroatoms. The van der Waals surface area contributed by atoms with Crippen LogP contribution in [0.25, 0.3) is 22.3 Å². The molecule has 26 heavy (non-hydrogen) atoms. The van der Waals surface area contributed by atoms with Gasteiger partial charge < -0.3 is 14.3 Å². The van der Waals surface area contributed by atoms with Crippen LogP contribution in [-0.4, -0.2) is 11.1 Å². The van der Waals surface area contributed by atoms with E-state index in [4.69, 9.17) is 8.94 Å². The highest BCUT2D eigenvalue weighted by molar-refractivity contribution is 5.95. The Kier molecular flexibility index (Phi) is 3.96. The minimum absolute atomic E-state index is 0.0778. The SMILES string of the molecule is O=C(Cc1coc2c(F)c(F)ccc12)Nc1cc(-c2ccccc2)on1. The highest BCUT2D eigenvalue weighted by atomic mass is 19.2. The van der Waals surface area contributed by atoms with E-state index in [2.05, 4.69) is 10.5 Å². The number of benzene rings is 2. The molecule has 0 bridgehead atoms. The Labute approximate surface area is 146 Å². The third-order valence-electron chi connectivity index (χ3n) is 3.90. The largest absolute Gasteiger partial charge is 0.461 e. The number of fused-ring (bicyclic) bond motifs is 1. The van der Waals surface area contributed by atoms with E-state index in [1.54, 1.807) is 6.07 Å². The van der Waals surface area contributed by atoms with E-state index in [9.17, 15) is 13.6 Å². The van der Waals surface area contributed by atoms with E-state index < -0.39 is 11.6 Å². The summed E-state index contributed by atoms with van der Waals surface area (Å²) in [5.41, 5.74) is 1.07. The molecule has 0 unspecified atom stereocenters. The van der Waals surface area contributed by atoms with Gasteiger partial charge in [0.1, 0.15) is 0 Å². The Morgan fingerprint density at radius 2 is 1.92 bits per heavy atom. The summed E-state index contributed by atoms with van der Waals surface area (Å²) >= 11 is 0. The van der Waals surface area contributed by atoms with Crippen LogP contribution in [0.5, 0.6) is 0 Å². The van der Waals surface area contributed by atoms with Gasteiger partial charge in [0.05, 0.1) is 12.7 Å². The Morgan fingerprint density at radius 1 is 1.12 bits per heavy atom. The van der Waals surface area contributed by atoms with Crippen molar-refractivity contribution in [2.45, 2.75) is 6.42 Å². The van der Waals surface area contributed by atoms with E-state index in [1.807, 2.05) is 30.3 Å². The van der Waals surface area contributed by atoms with Crippen LogP contribution in [0.1, 0.15) is 5.56 Å². The molecule has 0 saturated carbocycles. The minimum atomic E-state index is -1.07. The zero-order valence-corrected chi connectivity index (χ0v) is 13.3.